The molecular weight excluding hydrogens is 198 g/mol. The van der Waals surface area contributed by atoms with Gasteiger partial charge in [0.15, 0.2) is 0 Å². The number of carboxylic acid groups (broad SMARTS) is 1. The predicted molar refractivity (Wildman–Crippen MR) is 53.4 cm³/mol. The molecule has 15 heavy (non-hydrogen) atoms. The van der Waals surface area contributed by atoms with Crippen molar-refractivity contribution in [1.82, 2.24) is 5.32 Å². The number of amides is 1. The first-order valence-corrected chi connectivity index (χ1v) is 5.11. The Morgan fingerprint density at radius 1 is 1.60 bits per heavy atom. The van der Waals surface area contributed by atoms with Crippen LogP contribution < -0.4 is 5.32 Å². The van der Waals surface area contributed by atoms with Gasteiger partial charge in [0, 0.05) is 13.2 Å². The summed E-state index contributed by atoms with van der Waals surface area (Å²) in [5.74, 6) is -1.69. The average Bonchev–Trinajstić information content (AvgIpc) is 2.62. The molecule has 1 aliphatic rings. The lowest BCUT2D eigenvalue weighted by Gasteiger charge is -2.22. The Morgan fingerprint density at radius 2 is 2.27 bits per heavy atom. The van der Waals surface area contributed by atoms with Gasteiger partial charge in [0.2, 0.25) is 0 Å². The molecule has 1 saturated heterocycles. The van der Waals surface area contributed by atoms with E-state index in [4.69, 9.17) is 9.84 Å². The molecule has 5 heteroatoms. The van der Waals surface area contributed by atoms with E-state index in [0.29, 0.717) is 13.0 Å². The average molecular weight is 215 g/mol. The zero-order chi connectivity index (χ0) is 11.5. The molecule has 5 nitrogen and oxygen atoms in total. The highest BCUT2D eigenvalue weighted by Gasteiger charge is 2.37. The van der Waals surface area contributed by atoms with Gasteiger partial charge >= 0.3 is 5.97 Å². The maximum atomic E-state index is 11.7. The van der Waals surface area contributed by atoms with E-state index >= 15 is 0 Å². The monoisotopic (exact) mass is 215 g/mol. The normalized spacial score (nSPS) is 27.3. The van der Waals surface area contributed by atoms with Gasteiger partial charge < -0.3 is 15.2 Å². The minimum absolute atomic E-state index is 0.146. The summed E-state index contributed by atoms with van der Waals surface area (Å²) in [6.07, 6.45) is 1.57. The number of carboxylic acids is 1. The molecule has 0 bridgehead atoms. The first-order valence-electron chi connectivity index (χ1n) is 5.11. The van der Waals surface area contributed by atoms with E-state index < -0.39 is 17.5 Å². The van der Waals surface area contributed by atoms with Crippen molar-refractivity contribution in [1.29, 1.82) is 0 Å². The fourth-order valence-corrected chi connectivity index (χ4v) is 1.48. The number of rotatable bonds is 4. The van der Waals surface area contributed by atoms with E-state index in [-0.39, 0.29) is 12.5 Å². The van der Waals surface area contributed by atoms with Gasteiger partial charge in [-0.1, -0.05) is 6.92 Å². The Hall–Kier alpha value is -1.10. The molecule has 1 heterocycles. The standard InChI is InChI=1S/C10H17NO4/c1-7(8(12)13)6-11-9(14)10(2)4-3-5-15-10/h7H,3-6H2,1-2H3,(H,11,14)(H,12,13). The summed E-state index contributed by atoms with van der Waals surface area (Å²) < 4.78 is 5.34. The molecule has 2 unspecified atom stereocenters. The Balaban J connectivity index is 2.39. The van der Waals surface area contributed by atoms with Crippen molar-refractivity contribution in [2.45, 2.75) is 32.3 Å². The molecule has 86 valence electrons. The fourth-order valence-electron chi connectivity index (χ4n) is 1.48. The largest absolute Gasteiger partial charge is 0.481 e. The molecule has 0 aliphatic carbocycles. The van der Waals surface area contributed by atoms with E-state index in [1.165, 1.54) is 0 Å². The van der Waals surface area contributed by atoms with Crippen LogP contribution in [0.15, 0.2) is 0 Å². The first kappa shape index (κ1) is 12.0. The smallest absolute Gasteiger partial charge is 0.308 e. The van der Waals surface area contributed by atoms with Crippen LogP contribution in [-0.2, 0) is 14.3 Å². The van der Waals surface area contributed by atoms with Crippen molar-refractivity contribution in [2.24, 2.45) is 5.92 Å². The second kappa shape index (κ2) is 4.61. The van der Waals surface area contributed by atoms with Gasteiger partial charge in [-0.3, -0.25) is 9.59 Å². The lowest BCUT2D eigenvalue weighted by Crippen LogP contribution is -2.45. The van der Waals surface area contributed by atoms with Crippen LogP contribution in [0.2, 0.25) is 0 Å². The van der Waals surface area contributed by atoms with E-state index in [1.807, 2.05) is 0 Å². The van der Waals surface area contributed by atoms with Gasteiger partial charge in [-0.05, 0) is 19.8 Å². The van der Waals surface area contributed by atoms with Crippen LogP contribution >= 0.6 is 0 Å². The lowest BCUT2D eigenvalue weighted by atomic mass is 10.0. The van der Waals surface area contributed by atoms with Crippen molar-refractivity contribution in [2.75, 3.05) is 13.2 Å². The third-order valence-electron chi connectivity index (χ3n) is 2.69. The zero-order valence-electron chi connectivity index (χ0n) is 9.08. The summed E-state index contributed by atoms with van der Waals surface area (Å²) in [5, 5.41) is 11.2. The van der Waals surface area contributed by atoms with Crippen molar-refractivity contribution in [3.8, 4) is 0 Å². The van der Waals surface area contributed by atoms with E-state index in [1.54, 1.807) is 13.8 Å². The number of carbonyl (C=O) groups is 2. The number of nitrogens with one attached hydrogen (secondary N) is 1. The third-order valence-corrected chi connectivity index (χ3v) is 2.69. The van der Waals surface area contributed by atoms with Crippen LogP contribution in [0.1, 0.15) is 26.7 Å². The van der Waals surface area contributed by atoms with Crippen LogP contribution in [0.4, 0.5) is 0 Å². The molecule has 1 fully saturated rings. The fraction of sp³-hybridized carbons (Fsp3) is 0.800. The van der Waals surface area contributed by atoms with Gasteiger partial charge in [-0.2, -0.15) is 0 Å². The molecule has 1 rings (SSSR count). The Morgan fingerprint density at radius 3 is 2.73 bits per heavy atom. The number of aliphatic carboxylic acids is 1. The Bertz CT molecular complexity index is 258. The van der Waals surface area contributed by atoms with E-state index in [9.17, 15) is 9.59 Å². The lowest BCUT2D eigenvalue weighted by molar-refractivity contribution is -0.142. The van der Waals surface area contributed by atoms with Crippen LogP contribution in [0.25, 0.3) is 0 Å². The van der Waals surface area contributed by atoms with Crippen molar-refractivity contribution < 1.29 is 19.4 Å². The quantitative estimate of drug-likeness (QED) is 0.711. The molecule has 0 aromatic heterocycles. The van der Waals surface area contributed by atoms with Gasteiger partial charge in [0.1, 0.15) is 5.60 Å². The topological polar surface area (TPSA) is 75.6 Å². The van der Waals surface area contributed by atoms with Crippen LogP contribution in [0.3, 0.4) is 0 Å². The minimum Gasteiger partial charge on any atom is -0.481 e. The molecule has 2 atom stereocenters. The van der Waals surface area contributed by atoms with Crippen molar-refractivity contribution >= 4 is 11.9 Å². The molecule has 1 aliphatic heterocycles. The Kier molecular flexibility index (Phi) is 3.68. The zero-order valence-corrected chi connectivity index (χ0v) is 9.08. The molecule has 0 saturated carbocycles. The van der Waals surface area contributed by atoms with E-state index in [0.717, 1.165) is 6.42 Å². The maximum absolute atomic E-state index is 11.7. The molecule has 1 amide bonds. The minimum atomic E-state index is -0.909. The summed E-state index contributed by atoms with van der Waals surface area (Å²) in [6, 6.07) is 0. The molecule has 0 radical (unpaired) electrons. The summed E-state index contributed by atoms with van der Waals surface area (Å²) >= 11 is 0. The van der Waals surface area contributed by atoms with E-state index in [2.05, 4.69) is 5.32 Å². The van der Waals surface area contributed by atoms with Crippen LogP contribution in [0.5, 0.6) is 0 Å². The van der Waals surface area contributed by atoms with Crippen molar-refractivity contribution in [3.63, 3.8) is 0 Å². The third kappa shape index (κ3) is 2.92. The number of hydrogen-bond donors (Lipinski definition) is 2. The SMILES string of the molecule is CC(CNC(=O)C1(C)CCCO1)C(=O)O. The summed E-state index contributed by atoms with van der Waals surface area (Å²) in [5.41, 5.74) is -0.766. The molecule has 2 N–H and O–H groups in total. The highest BCUT2D eigenvalue weighted by atomic mass is 16.5. The second-order valence-electron chi connectivity index (χ2n) is 4.13. The first-order chi connectivity index (χ1) is 6.96. The summed E-state index contributed by atoms with van der Waals surface area (Å²) in [6.45, 7) is 4.03. The summed E-state index contributed by atoms with van der Waals surface area (Å²) in [7, 11) is 0. The van der Waals surface area contributed by atoms with Gasteiger partial charge in [0.25, 0.3) is 5.91 Å². The predicted octanol–water partition coefficient (Wildman–Crippen LogP) is 0.392. The number of hydrogen-bond acceptors (Lipinski definition) is 3. The van der Waals surface area contributed by atoms with Crippen LogP contribution in [0, 0.1) is 5.92 Å². The number of ether oxygens (including phenoxy) is 1. The van der Waals surface area contributed by atoms with Gasteiger partial charge in [-0.25, -0.2) is 0 Å². The second-order valence-corrected chi connectivity index (χ2v) is 4.13. The highest BCUT2D eigenvalue weighted by Crippen LogP contribution is 2.24. The summed E-state index contributed by atoms with van der Waals surface area (Å²) in [4.78, 5) is 22.2. The highest BCUT2D eigenvalue weighted by molar-refractivity contribution is 5.85. The van der Waals surface area contributed by atoms with Gasteiger partial charge in [0.05, 0.1) is 5.92 Å². The molecular formula is C10H17NO4. The molecule has 0 spiro atoms. The molecule has 0 aromatic rings. The maximum Gasteiger partial charge on any atom is 0.308 e. The van der Waals surface area contributed by atoms with Gasteiger partial charge in [-0.15, -0.1) is 0 Å². The number of carbonyl (C=O) groups excluding carboxylic acids is 1. The van der Waals surface area contributed by atoms with Crippen molar-refractivity contribution in [3.05, 3.63) is 0 Å². The Labute approximate surface area is 88.8 Å². The van der Waals surface area contributed by atoms with Crippen LogP contribution in [-0.4, -0.2) is 35.7 Å². The molecule has 0 aromatic carbocycles.